The summed E-state index contributed by atoms with van der Waals surface area (Å²) in [6.07, 6.45) is 2.50. The van der Waals surface area contributed by atoms with Gasteiger partial charge in [-0.25, -0.2) is 0 Å². The zero-order valence-corrected chi connectivity index (χ0v) is 14.6. The van der Waals surface area contributed by atoms with E-state index in [9.17, 15) is 5.26 Å². The summed E-state index contributed by atoms with van der Waals surface area (Å²) in [5.74, 6) is 0.948. The highest BCUT2D eigenvalue weighted by atomic mass is 16.3. The molecule has 0 N–H and O–H groups in total. The maximum atomic E-state index is 9.54. The molecular weight excluding hydrogens is 314 g/mol. The van der Waals surface area contributed by atoms with Crippen molar-refractivity contribution in [2.24, 2.45) is 7.05 Å². The van der Waals surface area contributed by atoms with Crippen molar-refractivity contribution in [3.05, 3.63) is 41.8 Å². The van der Waals surface area contributed by atoms with E-state index in [0.29, 0.717) is 0 Å². The Bertz CT molecular complexity index is 941. The third kappa shape index (κ3) is 2.62. The molecule has 1 saturated heterocycles. The van der Waals surface area contributed by atoms with Crippen LogP contribution in [0.5, 0.6) is 0 Å². The average Bonchev–Trinajstić information content (AvgIpc) is 3.24. The van der Waals surface area contributed by atoms with Crippen molar-refractivity contribution >= 4 is 22.5 Å². The highest BCUT2D eigenvalue weighted by Gasteiger charge is 2.24. The molecule has 6 nitrogen and oxygen atoms in total. The van der Waals surface area contributed by atoms with Crippen molar-refractivity contribution in [2.45, 2.75) is 13.3 Å². The number of furan rings is 1. The number of rotatable bonds is 3. The summed E-state index contributed by atoms with van der Waals surface area (Å²) < 4.78 is 7.27. The predicted molar refractivity (Wildman–Crippen MR) is 97.9 cm³/mol. The Kier molecular flexibility index (Phi) is 3.85. The molecule has 3 heterocycles. The summed E-state index contributed by atoms with van der Waals surface area (Å²) in [5, 5.41) is 15.2. The minimum Gasteiger partial charge on any atom is -0.464 e. The largest absolute Gasteiger partial charge is 0.464 e. The SMILES string of the molecule is CCc1nn(C)c(N2CCN(c3ccc4occc4c3)CC2)c1C#N. The maximum absolute atomic E-state index is 9.54. The predicted octanol–water partition coefficient (Wildman–Crippen LogP) is 2.93. The molecule has 1 aromatic carbocycles. The topological polar surface area (TPSA) is 61.2 Å². The van der Waals surface area contributed by atoms with Crippen molar-refractivity contribution in [1.82, 2.24) is 9.78 Å². The summed E-state index contributed by atoms with van der Waals surface area (Å²) in [5.41, 5.74) is 3.74. The van der Waals surface area contributed by atoms with E-state index in [2.05, 4.69) is 33.1 Å². The number of aryl methyl sites for hydroxylation is 2. The van der Waals surface area contributed by atoms with Gasteiger partial charge in [-0.15, -0.1) is 0 Å². The minimum absolute atomic E-state index is 0.721. The molecule has 0 bridgehead atoms. The Morgan fingerprint density at radius 2 is 1.92 bits per heavy atom. The van der Waals surface area contributed by atoms with Gasteiger partial charge in [0.05, 0.1) is 12.0 Å². The molecule has 1 aliphatic heterocycles. The van der Waals surface area contributed by atoms with Crippen molar-refractivity contribution < 1.29 is 4.42 Å². The molecule has 0 atom stereocenters. The first-order valence-corrected chi connectivity index (χ1v) is 8.64. The molecule has 0 spiro atoms. The zero-order chi connectivity index (χ0) is 17.4. The minimum atomic E-state index is 0.721. The highest BCUT2D eigenvalue weighted by Crippen LogP contribution is 2.27. The summed E-state index contributed by atoms with van der Waals surface area (Å²) in [4.78, 5) is 4.66. The van der Waals surface area contributed by atoms with Gasteiger partial charge in [0.25, 0.3) is 0 Å². The van der Waals surface area contributed by atoms with E-state index >= 15 is 0 Å². The third-order valence-electron chi connectivity index (χ3n) is 4.92. The van der Waals surface area contributed by atoms with Crippen LogP contribution in [0, 0.1) is 11.3 Å². The Balaban J connectivity index is 1.54. The van der Waals surface area contributed by atoms with E-state index in [1.54, 1.807) is 6.26 Å². The standard InChI is InChI=1S/C19H21N5O/c1-3-17-16(13-20)19(22(2)21-17)24-9-7-23(8-10-24)15-4-5-18-14(12-15)6-11-25-18/h4-6,11-12H,3,7-10H2,1-2H3. The number of hydrogen-bond acceptors (Lipinski definition) is 5. The van der Waals surface area contributed by atoms with Crippen LogP contribution in [0.4, 0.5) is 11.5 Å². The Hall–Kier alpha value is -2.94. The number of benzene rings is 1. The lowest BCUT2D eigenvalue weighted by atomic mass is 10.1. The van der Waals surface area contributed by atoms with Crippen LogP contribution < -0.4 is 9.80 Å². The van der Waals surface area contributed by atoms with Crippen LogP contribution in [0.1, 0.15) is 18.2 Å². The number of aromatic nitrogens is 2. The lowest BCUT2D eigenvalue weighted by molar-refractivity contribution is 0.614. The van der Waals surface area contributed by atoms with Crippen molar-refractivity contribution in [2.75, 3.05) is 36.0 Å². The lowest BCUT2D eigenvalue weighted by Gasteiger charge is -2.37. The van der Waals surface area contributed by atoms with E-state index in [1.807, 2.05) is 30.8 Å². The molecule has 1 aliphatic rings. The highest BCUT2D eigenvalue weighted by molar-refractivity contribution is 5.81. The zero-order valence-electron chi connectivity index (χ0n) is 14.6. The Labute approximate surface area is 146 Å². The van der Waals surface area contributed by atoms with Gasteiger partial charge in [0.1, 0.15) is 23.0 Å². The molecule has 0 amide bonds. The third-order valence-corrected chi connectivity index (χ3v) is 4.92. The second-order valence-corrected chi connectivity index (χ2v) is 6.35. The molecule has 25 heavy (non-hydrogen) atoms. The fourth-order valence-corrected chi connectivity index (χ4v) is 3.62. The van der Waals surface area contributed by atoms with Crippen LogP contribution in [0.2, 0.25) is 0 Å². The second-order valence-electron chi connectivity index (χ2n) is 6.35. The average molecular weight is 335 g/mol. The van der Waals surface area contributed by atoms with Crippen LogP contribution in [0.3, 0.4) is 0 Å². The lowest BCUT2D eigenvalue weighted by Crippen LogP contribution is -2.47. The van der Waals surface area contributed by atoms with Crippen molar-refractivity contribution in [3.8, 4) is 6.07 Å². The van der Waals surface area contributed by atoms with Gasteiger partial charge in [0.15, 0.2) is 0 Å². The molecular formula is C19H21N5O. The molecule has 6 heteroatoms. The van der Waals surface area contributed by atoms with Crippen molar-refractivity contribution in [1.29, 1.82) is 5.26 Å². The van der Waals surface area contributed by atoms with E-state index in [-0.39, 0.29) is 0 Å². The van der Waals surface area contributed by atoms with E-state index in [1.165, 1.54) is 5.69 Å². The first-order chi connectivity index (χ1) is 12.2. The van der Waals surface area contributed by atoms with Gasteiger partial charge < -0.3 is 14.2 Å². The van der Waals surface area contributed by atoms with Crippen molar-refractivity contribution in [3.63, 3.8) is 0 Å². The van der Waals surface area contributed by atoms with Gasteiger partial charge in [0, 0.05) is 44.3 Å². The number of fused-ring (bicyclic) bond motifs is 1. The van der Waals surface area contributed by atoms with E-state index < -0.39 is 0 Å². The molecule has 2 aromatic heterocycles. The summed E-state index contributed by atoms with van der Waals surface area (Å²) in [6, 6.07) is 10.7. The monoisotopic (exact) mass is 335 g/mol. The number of hydrogen-bond donors (Lipinski definition) is 0. The fraction of sp³-hybridized carbons (Fsp3) is 0.368. The Morgan fingerprint density at radius 3 is 2.64 bits per heavy atom. The summed E-state index contributed by atoms with van der Waals surface area (Å²) >= 11 is 0. The van der Waals surface area contributed by atoms with Crippen LogP contribution in [-0.2, 0) is 13.5 Å². The van der Waals surface area contributed by atoms with Crippen LogP contribution in [0.15, 0.2) is 34.9 Å². The number of piperazine rings is 1. The van der Waals surface area contributed by atoms with Gasteiger partial charge in [0.2, 0.25) is 0 Å². The molecule has 1 fully saturated rings. The number of nitriles is 1. The summed E-state index contributed by atoms with van der Waals surface area (Å²) in [6.45, 7) is 5.63. The van der Waals surface area contributed by atoms with Crippen LogP contribution in [0.25, 0.3) is 11.0 Å². The van der Waals surface area contributed by atoms with Gasteiger partial charge in [-0.05, 0) is 30.7 Å². The quantitative estimate of drug-likeness (QED) is 0.736. The smallest absolute Gasteiger partial charge is 0.145 e. The second kappa shape index (κ2) is 6.17. The fourth-order valence-electron chi connectivity index (χ4n) is 3.62. The molecule has 0 saturated carbocycles. The van der Waals surface area contributed by atoms with E-state index in [4.69, 9.17) is 4.42 Å². The van der Waals surface area contributed by atoms with E-state index in [0.717, 1.165) is 60.6 Å². The van der Waals surface area contributed by atoms with Crippen LogP contribution >= 0.6 is 0 Å². The maximum Gasteiger partial charge on any atom is 0.145 e. The molecule has 0 aliphatic carbocycles. The first kappa shape index (κ1) is 15.6. The van der Waals surface area contributed by atoms with Crippen LogP contribution in [-0.4, -0.2) is 36.0 Å². The molecule has 0 radical (unpaired) electrons. The molecule has 0 unspecified atom stereocenters. The van der Waals surface area contributed by atoms with Gasteiger partial charge in [-0.2, -0.15) is 10.4 Å². The number of nitrogens with zero attached hydrogens (tertiary/aromatic N) is 5. The first-order valence-electron chi connectivity index (χ1n) is 8.64. The summed E-state index contributed by atoms with van der Waals surface area (Å²) in [7, 11) is 1.93. The molecule has 128 valence electrons. The molecule has 3 aromatic rings. The number of anilines is 2. The van der Waals surface area contributed by atoms with Gasteiger partial charge >= 0.3 is 0 Å². The van der Waals surface area contributed by atoms with Gasteiger partial charge in [-0.1, -0.05) is 6.92 Å². The molecule has 4 rings (SSSR count). The van der Waals surface area contributed by atoms with Gasteiger partial charge in [-0.3, -0.25) is 4.68 Å². The normalized spacial score (nSPS) is 14.9. The Morgan fingerprint density at radius 1 is 1.16 bits per heavy atom.